The molecule has 0 aliphatic heterocycles. The Bertz CT molecular complexity index is 1100. The summed E-state index contributed by atoms with van der Waals surface area (Å²) in [4.78, 5) is 2.64. The van der Waals surface area contributed by atoms with Gasteiger partial charge in [0.25, 0.3) is 0 Å². The molecule has 0 N–H and O–H groups in total. The van der Waals surface area contributed by atoms with Crippen LogP contribution in [0.25, 0.3) is 11.4 Å². The fourth-order valence-corrected chi connectivity index (χ4v) is 4.86. The van der Waals surface area contributed by atoms with Gasteiger partial charge < -0.3 is 9.30 Å². The largest absolute Gasteiger partial charge is 0.497 e. The Balaban J connectivity index is 1.46. The van der Waals surface area contributed by atoms with Crippen LogP contribution in [0.5, 0.6) is 5.75 Å². The quantitative estimate of drug-likeness (QED) is 0.518. The van der Waals surface area contributed by atoms with Crippen LogP contribution in [0.2, 0.25) is 0 Å². The topological polar surface area (TPSA) is 35.2 Å². The standard InChI is InChI=1S/C24H28N4OS/c1-26-23(18-10-14-20(29-2)15-11-18)25-28(24(26)30)16-27(19-12-13-19)22-9-5-7-17-6-3-4-8-21(17)22/h3-4,6,8,10-11,14-15,19,22H,5,7,9,12-13,16H2,1-2H3. The van der Waals surface area contributed by atoms with E-state index in [0.717, 1.165) is 28.6 Å². The first-order chi connectivity index (χ1) is 14.7. The molecular formula is C24H28N4OS. The van der Waals surface area contributed by atoms with Gasteiger partial charge in [0.05, 0.1) is 13.8 Å². The van der Waals surface area contributed by atoms with E-state index in [2.05, 4.69) is 29.2 Å². The first-order valence-electron chi connectivity index (χ1n) is 10.8. The van der Waals surface area contributed by atoms with Crippen LogP contribution in [0, 0.1) is 4.77 Å². The second-order valence-corrected chi connectivity index (χ2v) is 8.75. The maximum Gasteiger partial charge on any atom is 0.199 e. The van der Waals surface area contributed by atoms with Crippen molar-refractivity contribution in [3.63, 3.8) is 0 Å². The monoisotopic (exact) mass is 420 g/mol. The van der Waals surface area contributed by atoms with Crippen molar-refractivity contribution in [3.05, 3.63) is 64.4 Å². The molecule has 6 heteroatoms. The fraction of sp³-hybridized carbons (Fsp3) is 0.417. The van der Waals surface area contributed by atoms with Gasteiger partial charge in [-0.2, -0.15) is 5.10 Å². The molecule has 1 aromatic heterocycles. The van der Waals surface area contributed by atoms with Gasteiger partial charge in [-0.05, 0) is 79.7 Å². The number of benzene rings is 2. The third-order valence-corrected chi connectivity index (χ3v) is 6.92. The van der Waals surface area contributed by atoms with Crippen molar-refractivity contribution in [2.24, 2.45) is 7.05 Å². The number of fused-ring (bicyclic) bond motifs is 1. The average molecular weight is 421 g/mol. The maximum absolute atomic E-state index is 5.78. The van der Waals surface area contributed by atoms with E-state index in [4.69, 9.17) is 22.1 Å². The van der Waals surface area contributed by atoms with Crippen LogP contribution in [-0.2, 0) is 20.1 Å². The van der Waals surface area contributed by atoms with Crippen molar-refractivity contribution in [1.82, 2.24) is 19.2 Å². The molecule has 3 aromatic rings. The Labute approximate surface area is 182 Å². The minimum Gasteiger partial charge on any atom is -0.497 e. The van der Waals surface area contributed by atoms with Crippen molar-refractivity contribution in [2.75, 3.05) is 7.11 Å². The van der Waals surface area contributed by atoms with Crippen LogP contribution in [0.4, 0.5) is 0 Å². The highest BCUT2D eigenvalue weighted by Gasteiger charge is 2.37. The van der Waals surface area contributed by atoms with Crippen LogP contribution < -0.4 is 4.74 Å². The maximum atomic E-state index is 5.78. The van der Waals surface area contributed by atoms with Gasteiger partial charge in [-0.25, -0.2) is 4.68 Å². The highest BCUT2D eigenvalue weighted by molar-refractivity contribution is 7.71. The van der Waals surface area contributed by atoms with Gasteiger partial charge in [0.1, 0.15) is 5.75 Å². The number of hydrogen-bond acceptors (Lipinski definition) is 4. The molecule has 0 radical (unpaired) electrons. The summed E-state index contributed by atoms with van der Waals surface area (Å²) in [6, 6.07) is 18.0. The van der Waals surface area contributed by atoms with Crippen LogP contribution in [0.15, 0.2) is 48.5 Å². The molecule has 1 atom stereocenters. The van der Waals surface area contributed by atoms with Crippen LogP contribution in [0.3, 0.4) is 0 Å². The molecule has 0 amide bonds. The van der Waals surface area contributed by atoms with E-state index in [1.165, 1.54) is 43.2 Å². The number of hydrogen-bond donors (Lipinski definition) is 0. The molecule has 5 nitrogen and oxygen atoms in total. The number of aryl methyl sites for hydroxylation is 1. The molecule has 1 unspecified atom stereocenters. The first-order valence-corrected chi connectivity index (χ1v) is 11.2. The number of rotatable bonds is 6. The molecule has 2 aromatic carbocycles. The van der Waals surface area contributed by atoms with Crippen LogP contribution in [-0.4, -0.2) is 32.4 Å². The SMILES string of the molecule is COc1ccc(-c2nn(CN(C3CC3)C3CCCc4ccccc43)c(=S)n2C)cc1. The first kappa shape index (κ1) is 19.5. The smallest absolute Gasteiger partial charge is 0.199 e. The van der Waals surface area contributed by atoms with E-state index in [-0.39, 0.29) is 0 Å². The molecule has 30 heavy (non-hydrogen) atoms. The van der Waals surface area contributed by atoms with E-state index >= 15 is 0 Å². The third kappa shape index (κ3) is 3.59. The highest BCUT2D eigenvalue weighted by Crippen LogP contribution is 2.41. The molecule has 156 valence electrons. The summed E-state index contributed by atoms with van der Waals surface area (Å²) in [5, 5.41) is 4.93. The third-order valence-electron chi connectivity index (χ3n) is 6.44. The summed E-state index contributed by atoms with van der Waals surface area (Å²) < 4.78 is 10.1. The second kappa shape index (κ2) is 8.00. The van der Waals surface area contributed by atoms with Gasteiger partial charge in [0.2, 0.25) is 0 Å². The highest BCUT2D eigenvalue weighted by atomic mass is 32.1. The molecule has 0 spiro atoms. The zero-order valence-electron chi connectivity index (χ0n) is 17.6. The zero-order chi connectivity index (χ0) is 20.7. The van der Waals surface area contributed by atoms with Gasteiger partial charge in [-0.1, -0.05) is 24.3 Å². The van der Waals surface area contributed by atoms with Gasteiger partial charge >= 0.3 is 0 Å². The van der Waals surface area contributed by atoms with Crippen molar-refractivity contribution in [3.8, 4) is 17.1 Å². The van der Waals surface area contributed by atoms with E-state index in [9.17, 15) is 0 Å². The predicted octanol–water partition coefficient (Wildman–Crippen LogP) is 5.13. The van der Waals surface area contributed by atoms with E-state index < -0.39 is 0 Å². The normalized spacial score (nSPS) is 18.4. The lowest BCUT2D eigenvalue weighted by atomic mass is 9.87. The Morgan fingerprint density at radius 3 is 2.60 bits per heavy atom. The molecule has 1 saturated carbocycles. The van der Waals surface area contributed by atoms with Gasteiger partial charge in [-0.15, -0.1) is 0 Å². The molecule has 2 aliphatic rings. The van der Waals surface area contributed by atoms with Gasteiger partial charge in [-0.3, -0.25) is 4.90 Å². The summed E-state index contributed by atoms with van der Waals surface area (Å²) in [5.74, 6) is 1.73. The number of aromatic nitrogens is 3. The minimum atomic E-state index is 0.454. The molecule has 0 bridgehead atoms. The van der Waals surface area contributed by atoms with Crippen molar-refractivity contribution in [1.29, 1.82) is 0 Å². The number of nitrogens with zero attached hydrogens (tertiary/aromatic N) is 4. The van der Waals surface area contributed by atoms with Crippen molar-refractivity contribution in [2.45, 2.75) is 50.9 Å². The van der Waals surface area contributed by atoms with Gasteiger partial charge in [0.15, 0.2) is 10.6 Å². The Morgan fingerprint density at radius 2 is 1.87 bits per heavy atom. The Hall–Kier alpha value is -2.44. The Kier molecular flexibility index (Phi) is 5.21. The minimum absolute atomic E-state index is 0.454. The van der Waals surface area contributed by atoms with Gasteiger partial charge in [0, 0.05) is 24.7 Å². The molecular weight excluding hydrogens is 392 g/mol. The van der Waals surface area contributed by atoms with E-state index in [1.54, 1.807) is 7.11 Å². The Morgan fingerprint density at radius 1 is 1.10 bits per heavy atom. The lowest BCUT2D eigenvalue weighted by molar-refractivity contribution is 0.118. The van der Waals surface area contributed by atoms with E-state index in [1.807, 2.05) is 40.6 Å². The summed E-state index contributed by atoms with van der Waals surface area (Å²) in [6.07, 6.45) is 6.18. The molecule has 5 rings (SSSR count). The van der Waals surface area contributed by atoms with Crippen molar-refractivity contribution >= 4 is 12.2 Å². The number of methoxy groups -OCH3 is 1. The lowest BCUT2D eigenvalue weighted by Gasteiger charge is -2.36. The molecule has 1 fully saturated rings. The fourth-order valence-electron chi connectivity index (χ4n) is 4.67. The summed E-state index contributed by atoms with van der Waals surface area (Å²) >= 11 is 5.78. The average Bonchev–Trinajstić information content (AvgIpc) is 3.59. The molecule has 2 aliphatic carbocycles. The second-order valence-electron chi connectivity index (χ2n) is 8.39. The van der Waals surface area contributed by atoms with Crippen LogP contribution >= 0.6 is 12.2 Å². The van der Waals surface area contributed by atoms with Crippen molar-refractivity contribution < 1.29 is 4.74 Å². The summed E-state index contributed by atoms with van der Waals surface area (Å²) in [7, 11) is 3.68. The molecule has 0 saturated heterocycles. The molecule has 1 heterocycles. The summed E-state index contributed by atoms with van der Waals surface area (Å²) in [6.45, 7) is 0.743. The zero-order valence-corrected chi connectivity index (χ0v) is 18.4. The number of ether oxygens (including phenoxy) is 1. The predicted molar refractivity (Wildman–Crippen MR) is 121 cm³/mol. The van der Waals surface area contributed by atoms with Crippen LogP contribution in [0.1, 0.15) is 42.9 Å². The van der Waals surface area contributed by atoms with E-state index in [0.29, 0.717) is 12.1 Å². The summed E-state index contributed by atoms with van der Waals surface area (Å²) in [5.41, 5.74) is 4.04. The lowest BCUT2D eigenvalue weighted by Crippen LogP contribution is -2.35.